The Balaban J connectivity index is 0.00000161. The molecule has 5 nitrogen and oxygen atoms in total. The highest BCUT2D eigenvalue weighted by molar-refractivity contribution is 5.85. The van der Waals surface area contributed by atoms with Crippen LogP contribution in [0.1, 0.15) is 30.9 Å². The number of nitrogens with one attached hydrogen (secondary N) is 1. The maximum absolute atomic E-state index is 12.3. The second kappa shape index (κ2) is 7.11. The van der Waals surface area contributed by atoms with Gasteiger partial charge in [-0.25, -0.2) is 0 Å². The lowest BCUT2D eigenvalue weighted by atomic mass is 10.00. The first-order chi connectivity index (χ1) is 9.78. The lowest BCUT2D eigenvalue weighted by Gasteiger charge is -2.27. The Labute approximate surface area is 130 Å². The van der Waals surface area contributed by atoms with Gasteiger partial charge in [0.2, 0.25) is 5.91 Å². The molecule has 1 amide bonds. The first kappa shape index (κ1) is 16.1. The van der Waals surface area contributed by atoms with Crippen LogP contribution in [-0.2, 0) is 9.53 Å². The number of nitrogens with two attached hydrogens (primary N) is 1. The van der Waals surface area contributed by atoms with Gasteiger partial charge in [-0.05, 0) is 18.9 Å². The van der Waals surface area contributed by atoms with Crippen LogP contribution in [-0.4, -0.2) is 31.3 Å². The lowest BCUT2D eigenvalue weighted by molar-refractivity contribution is -0.132. The van der Waals surface area contributed by atoms with Crippen molar-refractivity contribution in [3.8, 4) is 5.75 Å². The maximum atomic E-state index is 12.3. The van der Waals surface area contributed by atoms with Crippen molar-refractivity contribution >= 4 is 18.3 Å². The average Bonchev–Trinajstić information content (AvgIpc) is 2.97. The van der Waals surface area contributed by atoms with Crippen molar-refractivity contribution in [1.82, 2.24) is 5.32 Å². The van der Waals surface area contributed by atoms with Gasteiger partial charge >= 0.3 is 0 Å². The summed E-state index contributed by atoms with van der Waals surface area (Å²) in [5.41, 5.74) is 6.61. The van der Waals surface area contributed by atoms with Crippen molar-refractivity contribution in [1.29, 1.82) is 0 Å². The first-order valence-electron chi connectivity index (χ1n) is 7.15. The molecule has 0 radical (unpaired) electrons. The molecule has 0 aliphatic carbocycles. The summed E-state index contributed by atoms with van der Waals surface area (Å²) >= 11 is 0. The van der Waals surface area contributed by atoms with Crippen LogP contribution in [0, 0.1) is 0 Å². The molecular formula is C15H21ClN2O3. The molecule has 0 bridgehead atoms. The molecule has 1 saturated heterocycles. The number of hydrogen-bond acceptors (Lipinski definition) is 4. The zero-order valence-electron chi connectivity index (χ0n) is 11.8. The van der Waals surface area contributed by atoms with Crippen molar-refractivity contribution in [3.63, 3.8) is 0 Å². The Bertz CT molecular complexity index is 498. The van der Waals surface area contributed by atoms with Gasteiger partial charge in [0.05, 0.1) is 18.8 Å². The summed E-state index contributed by atoms with van der Waals surface area (Å²) in [5, 5.41) is 3.08. The minimum atomic E-state index is -0.362. The molecule has 2 aliphatic heterocycles. The van der Waals surface area contributed by atoms with Crippen LogP contribution in [0.25, 0.3) is 0 Å². The zero-order valence-corrected chi connectivity index (χ0v) is 12.6. The van der Waals surface area contributed by atoms with E-state index in [9.17, 15) is 4.79 Å². The Hall–Kier alpha value is -1.30. The predicted octanol–water partition coefficient (Wildman–Crippen LogP) is 1.55. The Morgan fingerprint density at radius 1 is 1.29 bits per heavy atom. The molecule has 21 heavy (non-hydrogen) atoms. The van der Waals surface area contributed by atoms with Crippen molar-refractivity contribution in [2.24, 2.45) is 5.73 Å². The molecule has 3 rings (SSSR count). The number of fused-ring (bicyclic) bond motifs is 1. The predicted molar refractivity (Wildman–Crippen MR) is 81.6 cm³/mol. The molecule has 3 N–H and O–H groups in total. The molecule has 1 fully saturated rings. The standard InChI is InChI=1S/C15H20N2O3.ClH/c16-9-10-5-6-14(20-10)15(18)17-12-7-8-19-13-4-2-1-3-11(12)13;/h1-4,10,12,14H,5-9,16H2,(H,17,18);1H/t10-,12?,14+;/m1./s1. The topological polar surface area (TPSA) is 73.6 Å². The van der Waals surface area contributed by atoms with Crippen LogP contribution >= 0.6 is 12.4 Å². The highest BCUT2D eigenvalue weighted by atomic mass is 35.5. The van der Waals surface area contributed by atoms with E-state index in [0.717, 1.165) is 30.6 Å². The number of amides is 1. The number of halogens is 1. The van der Waals surface area contributed by atoms with Crippen molar-refractivity contribution in [2.45, 2.75) is 37.5 Å². The van der Waals surface area contributed by atoms with E-state index in [1.54, 1.807) is 0 Å². The summed E-state index contributed by atoms with van der Waals surface area (Å²) in [6.45, 7) is 1.10. The van der Waals surface area contributed by atoms with E-state index in [4.69, 9.17) is 15.2 Å². The summed E-state index contributed by atoms with van der Waals surface area (Å²) < 4.78 is 11.2. The molecule has 1 aromatic rings. The molecule has 1 aromatic carbocycles. The fraction of sp³-hybridized carbons (Fsp3) is 0.533. The van der Waals surface area contributed by atoms with E-state index >= 15 is 0 Å². The third-order valence-electron chi connectivity index (χ3n) is 3.94. The van der Waals surface area contributed by atoms with Crippen molar-refractivity contribution < 1.29 is 14.3 Å². The third kappa shape index (κ3) is 3.48. The molecule has 2 aliphatic rings. The van der Waals surface area contributed by atoms with Crippen LogP contribution in [0.5, 0.6) is 5.75 Å². The van der Waals surface area contributed by atoms with E-state index in [-0.39, 0.29) is 36.6 Å². The fourth-order valence-electron chi connectivity index (χ4n) is 2.83. The Kier molecular flexibility index (Phi) is 5.45. The number of ether oxygens (including phenoxy) is 2. The number of rotatable bonds is 3. The van der Waals surface area contributed by atoms with E-state index in [1.165, 1.54) is 0 Å². The quantitative estimate of drug-likeness (QED) is 0.888. The van der Waals surface area contributed by atoms with Gasteiger partial charge in [0.25, 0.3) is 0 Å². The number of para-hydroxylation sites is 1. The number of benzene rings is 1. The maximum Gasteiger partial charge on any atom is 0.249 e. The van der Waals surface area contributed by atoms with Gasteiger partial charge in [-0.3, -0.25) is 4.79 Å². The van der Waals surface area contributed by atoms with Gasteiger partial charge in [0, 0.05) is 18.5 Å². The molecule has 0 aromatic heterocycles. The number of hydrogen-bond donors (Lipinski definition) is 2. The van der Waals surface area contributed by atoms with Crippen LogP contribution in [0.3, 0.4) is 0 Å². The first-order valence-corrected chi connectivity index (χ1v) is 7.15. The summed E-state index contributed by atoms with van der Waals surface area (Å²) in [4.78, 5) is 12.3. The molecule has 1 unspecified atom stereocenters. The Morgan fingerprint density at radius 2 is 2.10 bits per heavy atom. The molecule has 6 heteroatoms. The number of carbonyl (C=O) groups is 1. The van der Waals surface area contributed by atoms with Gasteiger partial charge in [0.15, 0.2) is 0 Å². The summed E-state index contributed by atoms with van der Waals surface area (Å²) in [5.74, 6) is 0.818. The minimum Gasteiger partial charge on any atom is -0.493 e. The zero-order chi connectivity index (χ0) is 13.9. The molecule has 116 valence electrons. The highest BCUT2D eigenvalue weighted by Gasteiger charge is 2.32. The second-order valence-corrected chi connectivity index (χ2v) is 5.30. The van der Waals surface area contributed by atoms with Gasteiger partial charge in [0.1, 0.15) is 11.9 Å². The molecule has 0 saturated carbocycles. The van der Waals surface area contributed by atoms with Crippen LogP contribution in [0.4, 0.5) is 0 Å². The second-order valence-electron chi connectivity index (χ2n) is 5.30. The molecule has 3 atom stereocenters. The van der Waals surface area contributed by atoms with Gasteiger partial charge in [-0.1, -0.05) is 18.2 Å². The lowest BCUT2D eigenvalue weighted by Crippen LogP contribution is -2.39. The molecule has 2 heterocycles. The Morgan fingerprint density at radius 3 is 2.86 bits per heavy atom. The number of carbonyl (C=O) groups excluding carboxylic acids is 1. The van der Waals surface area contributed by atoms with E-state index in [0.29, 0.717) is 13.2 Å². The van der Waals surface area contributed by atoms with E-state index < -0.39 is 0 Å². The summed E-state index contributed by atoms with van der Waals surface area (Å²) in [6.07, 6.45) is 2.05. The van der Waals surface area contributed by atoms with E-state index in [1.807, 2.05) is 24.3 Å². The van der Waals surface area contributed by atoms with Gasteiger partial charge in [-0.15, -0.1) is 12.4 Å². The minimum absolute atomic E-state index is 0. The van der Waals surface area contributed by atoms with Crippen molar-refractivity contribution in [2.75, 3.05) is 13.2 Å². The monoisotopic (exact) mass is 312 g/mol. The van der Waals surface area contributed by atoms with Crippen molar-refractivity contribution in [3.05, 3.63) is 29.8 Å². The normalized spacial score (nSPS) is 27.2. The SMILES string of the molecule is Cl.NC[C@H]1CC[C@@H](C(=O)NC2CCOc3ccccc32)O1. The van der Waals surface area contributed by atoms with Gasteiger partial charge in [-0.2, -0.15) is 0 Å². The molecular weight excluding hydrogens is 292 g/mol. The largest absolute Gasteiger partial charge is 0.493 e. The van der Waals surface area contributed by atoms with Gasteiger partial charge < -0.3 is 20.5 Å². The van der Waals surface area contributed by atoms with Crippen LogP contribution in [0.2, 0.25) is 0 Å². The highest BCUT2D eigenvalue weighted by Crippen LogP contribution is 2.32. The fourth-order valence-corrected chi connectivity index (χ4v) is 2.83. The molecule has 0 spiro atoms. The van der Waals surface area contributed by atoms with Crippen LogP contribution in [0.15, 0.2) is 24.3 Å². The smallest absolute Gasteiger partial charge is 0.249 e. The summed E-state index contributed by atoms with van der Waals surface area (Å²) in [7, 11) is 0. The third-order valence-corrected chi connectivity index (χ3v) is 3.94. The average molecular weight is 313 g/mol. The van der Waals surface area contributed by atoms with Crippen LogP contribution < -0.4 is 15.8 Å². The van der Waals surface area contributed by atoms with E-state index in [2.05, 4.69) is 5.32 Å². The summed E-state index contributed by atoms with van der Waals surface area (Å²) in [6, 6.07) is 7.84.